The molecule has 2 aromatic carbocycles. The van der Waals surface area contributed by atoms with E-state index in [2.05, 4.69) is 63.8 Å². The zero-order valence-corrected chi connectivity index (χ0v) is 22.5. The molecule has 0 saturated heterocycles. The first-order valence-corrected chi connectivity index (χ1v) is 13.4. The van der Waals surface area contributed by atoms with Crippen molar-refractivity contribution < 1.29 is 9.18 Å². The zero-order valence-electron chi connectivity index (χ0n) is 21.7. The molecule has 0 aliphatic carbocycles. The van der Waals surface area contributed by atoms with Gasteiger partial charge in [0.25, 0.3) is 5.91 Å². The molecular weight excluding hydrogens is 457 g/mol. The summed E-state index contributed by atoms with van der Waals surface area (Å²) in [5.41, 5.74) is 4.20. The molecule has 6 heteroatoms. The van der Waals surface area contributed by atoms with Gasteiger partial charge in [-0.05, 0) is 47.1 Å². The lowest BCUT2D eigenvalue weighted by Gasteiger charge is -2.23. The molecule has 0 unspecified atom stereocenters. The molecule has 1 amide bonds. The van der Waals surface area contributed by atoms with Crippen LogP contribution in [0.5, 0.6) is 0 Å². The van der Waals surface area contributed by atoms with Gasteiger partial charge >= 0.3 is 0 Å². The number of carbonyl (C=O) groups excluding carboxylic acids is 1. The third kappa shape index (κ3) is 7.97. The van der Waals surface area contributed by atoms with E-state index < -0.39 is 0 Å². The Morgan fingerprint density at radius 2 is 1.43 bits per heavy atom. The van der Waals surface area contributed by atoms with Crippen LogP contribution in [0.2, 0.25) is 0 Å². The molecule has 0 spiro atoms. The minimum Gasteiger partial charge on any atom is -0.337 e. The van der Waals surface area contributed by atoms with Gasteiger partial charge in [0.2, 0.25) is 0 Å². The molecule has 0 radical (unpaired) electrons. The van der Waals surface area contributed by atoms with Crippen LogP contribution in [-0.2, 0) is 25.0 Å². The maximum absolute atomic E-state index is 13.4. The lowest BCUT2D eigenvalue weighted by Crippen LogP contribution is -2.32. The van der Waals surface area contributed by atoms with Crippen molar-refractivity contribution in [3.63, 3.8) is 0 Å². The summed E-state index contributed by atoms with van der Waals surface area (Å²) < 4.78 is 13.4. The molecule has 1 heterocycles. The smallest absolute Gasteiger partial charge is 0.273 e. The van der Waals surface area contributed by atoms with Gasteiger partial charge in [-0.25, -0.2) is 9.37 Å². The predicted octanol–water partition coefficient (Wildman–Crippen LogP) is 7.04. The molecule has 0 saturated carbocycles. The highest BCUT2D eigenvalue weighted by Gasteiger charge is 2.19. The second-order valence-corrected chi connectivity index (χ2v) is 11.1. The molecule has 188 valence electrons. The molecule has 1 aromatic heterocycles. The van der Waals surface area contributed by atoms with E-state index in [4.69, 9.17) is 4.98 Å². The van der Waals surface area contributed by atoms with Crippen LogP contribution in [0.1, 0.15) is 79.6 Å². The number of benzene rings is 2. The molecule has 0 atom stereocenters. The van der Waals surface area contributed by atoms with Gasteiger partial charge in [-0.15, -0.1) is 11.3 Å². The van der Waals surface area contributed by atoms with Gasteiger partial charge < -0.3 is 4.90 Å². The van der Waals surface area contributed by atoms with Crippen molar-refractivity contribution in [3.8, 4) is 0 Å². The van der Waals surface area contributed by atoms with E-state index in [1.807, 2.05) is 22.4 Å². The van der Waals surface area contributed by atoms with E-state index in [9.17, 15) is 9.18 Å². The third-order valence-corrected chi connectivity index (χ3v) is 6.78. The average Bonchev–Trinajstić information content (AvgIpc) is 3.28. The third-order valence-electron chi connectivity index (χ3n) is 5.95. The topological polar surface area (TPSA) is 36.4 Å². The number of hydrogen-bond acceptors (Lipinski definition) is 4. The van der Waals surface area contributed by atoms with Gasteiger partial charge in [0.05, 0.1) is 6.54 Å². The van der Waals surface area contributed by atoms with Crippen molar-refractivity contribution in [2.45, 2.75) is 72.5 Å². The van der Waals surface area contributed by atoms with Crippen molar-refractivity contribution in [2.24, 2.45) is 0 Å². The number of aromatic nitrogens is 1. The van der Waals surface area contributed by atoms with Gasteiger partial charge in [0.15, 0.2) is 0 Å². The molecule has 4 nitrogen and oxygen atoms in total. The molecule has 3 aromatic rings. The number of thiazole rings is 1. The molecule has 0 aliphatic rings. The monoisotopic (exact) mass is 495 g/mol. The Morgan fingerprint density at radius 3 is 1.94 bits per heavy atom. The van der Waals surface area contributed by atoms with Gasteiger partial charge in [-0.2, -0.15) is 0 Å². The van der Waals surface area contributed by atoms with Crippen LogP contribution in [0.15, 0.2) is 53.9 Å². The second-order valence-electron chi connectivity index (χ2n) is 10.1. The highest BCUT2D eigenvalue weighted by molar-refractivity contribution is 7.09. The number of carbonyl (C=O) groups is 1. The van der Waals surface area contributed by atoms with Crippen molar-refractivity contribution in [3.05, 3.63) is 87.1 Å². The predicted molar refractivity (Wildman–Crippen MR) is 143 cm³/mol. The summed E-state index contributed by atoms with van der Waals surface area (Å²) in [5.74, 6) is -0.219. The number of nitrogens with zero attached hydrogens (tertiary/aromatic N) is 3. The molecular formula is C29H38FN3OS. The molecule has 0 N–H and O–H groups in total. The van der Waals surface area contributed by atoms with Crippen LogP contribution >= 0.6 is 11.3 Å². The number of amides is 1. The van der Waals surface area contributed by atoms with Gasteiger partial charge in [0, 0.05) is 31.6 Å². The Hall–Kier alpha value is -2.57. The van der Waals surface area contributed by atoms with Crippen LogP contribution in [0.3, 0.4) is 0 Å². The van der Waals surface area contributed by atoms with Crippen LogP contribution in [0, 0.1) is 5.82 Å². The molecule has 0 fully saturated rings. The minimum atomic E-state index is -0.232. The Labute approximate surface area is 213 Å². The molecule has 0 aliphatic heterocycles. The fourth-order valence-corrected chi connectivity index (χ4v) is 4.88. The first-order valence-electron chi connectivity index (χ1n) is 12.5. The maximum Gasteiger partial charge on any atom is 0.273 e. The average molecular weight is 496 g/mol. The number of rotatable bonds is 11. The Balaban J connectivity index is 1.78. The quantitative estimate of drug-likeness (QED) is 0.286. The summed E-state index contributed by atoms with van der Waals surface area (Å²) in [6.07, 6.45) is 1.87. The van der Waals surface area contributed by atoms with Gasteiger partial charge in [0.1, 0.15) is 16.5 Å². The first-order chi connectivity index (χ1) is 16.7. The Morgan fingerprint density at radius 1 is 0.886 bits per heavy atom. The summed E-state index contributed by atoms with van der Waals surface area (Å²) in [4.78, 5) is 21.9. The van der Waals surface area contributed by atoms with Crippen molar-refractivity contribution >= 4 is 17.2 Å². The van der Waals surface area contributed by atoms with Crippen LogP contribution in [0.25, 0.3) is 0 Å². The Kier molecular flexibility index (Phi) is 9.58. The lowest BCUT2D eigenvalue weighted by molar-refractivity contribution is 0.0750. The van der Waals surface area contributed by atoms with E-state index in [0.29, 0.717) is 18.8 Å². The fraction of sp³-hybridized carbons (Fsp3) is 0.448. The van der Waals surface area contributed by atoms with Gasteiger partial charge in [-0.1, -0.05) is 71.0 Å². The van der Waals surface area contributed by atoms with Crippen molar-refractivity contribution in [2.75, 3.05) is 13.1 Å². The normalized spacial score (nSPS) is 11.7. The standard InChI is InChI=1S/C29H38FN3OS/c1-6-16-33(17-7-2)28(34)26-21-35-27(31-26)20-32(19-23-10-14-25(30)15-11-23)18-22-8-12-24(13-9-22)29(3,4)5/h8-15,21H,6-7,16-20H2,1-5H3. The molecule has 0 bridgehead atoms. The van der Waals surface area contributed by atoms with Crippen LogP contribution in [0.4, 0.5) is 4.39 Å². The van der Waals surface area contributed by atoms with E-state index in [-0.39, 0.29) is 17.1 Å². The number of halogens is 1. The van der Waals surface area contributed by atoms with Crippen LogP contribution in [-0.4, -0.2) is 33.8 Å². The highest BCUT2D eigenvalue weighted by Crippen LogP contribution is 2.24. The fourth-order valence-electron chi connectivity index (χ4n) is 4.07. The van der Waals surface area contributed by atoms with Gasteiger partial charge in [-0.3, -0.25) is 9.69 Å². The highest BCUT2D eigenvalue weighted by atomic mass is 32.1. The second kappa shape index (κ2) is 12.4. The summed E-state index contributed by atoms with van der Waals surface area (Å²) in [6, 6.07) is 15.4. The lowest BCUT2D eigenvalue weighted by atomic mass is 9.87. The van der Waals surface area contributed by atoms with E-state index in [0.717, 1.165) is 43.0 Å². The zero-order chi connectivity index (χ0) is 25.4. The van der Waals surface area contributed by atoms with Crippen LogP contribution < -0.4 is 0 Å². The maximum atomic E-state index is 13.4. The first kappa shape index (κ1) is 27.0. The Bertz CT molecular complexity index is 1060. The summed E-state index contributed by atoms with van der Waals surface area (Å²) in [7, 11) is 0. The van der Waals surface area contributed by atoms with Crippen molar-refractivity contribution in [1.29, 1.82) is 0 Å². The summed E-state index contributed by atoms with van der Waals surface area (Å²) in [5, 5.41) is 2.79. The largest absolute Gasteiger partial charge is 0.337 e. The number of hydrogen-bond donors (Lipinski definition) is 0. The van der Waals surface area contributed by atoms with E-state index >= 15 is 0 Å². The minimum absolute atomic E-state index is 0.0130. The van der Waals surface area contributed by atoms with E-state index in [1.54, 1.807) is 0 Å². The van der Waals surface area contributed by atoms with E-state index in [1.165, 1.54) is 34.6 Å². The summed E-state index contributed by atoms with van der Waals surface area (Å²) in [6.45, 7) is 14.3. The van der Waals surface area contributed by atoms with Crippen molar-refractivity contribution in [1.82, 2.24) is 14.8 Å². The SMILES string of the molecule is CCCN(CCC)C(=O)c1csc(CN(Cc2ccc(F)cc2)Cc2ccc(C(C)(C)C)cc2)n1. The molecule has 35 heavy (non-hydrogen) atoms. The summed E-state index contributed by atoms with van der Waals surface area (Å²) >= 11 is 1.53. The molecule has 3 rings (SSSR count).